The van der Waals surface area contributed by atoms with Crippen LogP contribution < -0.4 is 25.2 Å². The Bertz CT molecular complexity index is 1970. The highest BCUT2D eigenvalue weighted by atomic mass is 32.1. The highest BCUT2D eigenvalue weighted by Gasteiger charge is 2.69. The number of anilines is 1. The fourth-order valence-electron chi connectivity index (χ4n) is 6.32. The van der Waals surface area contributed by atoms with E-state index in [1.165, 1.54) is 11.6 Å². The minimum absolute atomic E-state index is 0.148. The molecule has 4 amide bonds. The monoisotopic (exact) mass is 564 g/mol. The third-order valence-corrected chi connectivity index (χ3v) is 9.16. The van der Waals surface area contributed by atoms with Crippen molar-refractivity contribution in [2.45, 2.75) is 18.2 Å². The van der Waals surface area contributed by atoms with Crippen LogP contribution in [0, 0.1) is 0 Å². The molecule has 3 aliphatic rings. The standard InChI is InChI=1S/C30H24N6O4S/c1-18(37)35-22-17-11-10-16-21(22)23(25(35)38)24-26(39)36-27(41-24)31-29(19-12-6-4-7-13-19)30(32-36,20-14-8-5-9-15-20)34(3)28(40)33(29)2/h4-17,32H,1-3H3/b24-23-/t29-,30-/m1/s1. The van der Waals surface area contributed by atoms with Gasteiger partial charge in [-0.3, -0.25) is 29.6 Å². The van der Waals surface area contributed by atoms with Gasteiger partial charge in [-0.05, 0) is 6.07 Å². The fraction of sp³-hybridized carbons (Fsp3) is 0.167. The zero-order chi connectivity index (χ0) is 28.7. The summed E-state index contributed by atoms with van der Waals surface area (Å²) in [6.07, 6.45) is 0. The number of thiazole rings is 1. The van der Waals surface area contributed by atoms with Crippen molar-refractivity contribution in [2.75, 3.05) is 24.4 Å². The number of likely N-dealkylation sites (N-methyl/N-ethyl adjacent to an activating group) is 2. The molecule has 0 saturated carbocycles. The number of urea groups is 1. The summed E-state index contributed by atoms with van der Waals surface area (Å²) in [6.45, 7) is 1.32. The van der Waals surface area contributed by atoms with Crippen molar-refractivity contribution in [3.8, 4) is 0 Å². The van der Waals surface area contributed by atoms with Crippen molar-refractivity contribution < 1.29 is 14.4 Å². The first-order valence-corrected chi connectivity index (χ1v) is 13.8. The summed E-state index contributed by atoms with van der Waals surface area (Å²) in [4.78, 5) is 63.6. The SMILES string of the molecule is CC(=O)N1C(=O)/C(=c2\sc3n(c2=O)N[C@]2(c4ccccc4)N(C)C(=O)N(C)[C@@]2(c2ccccc2)N=3)c2ccccc21. The van der Waals surface area contributed by atoms with Gasteiger partial charge in [-0.2, -0.15) is 4.68 Å². The molecule has 2 atom stereocenters. The van der Waals surface area contributed by atoms with Crippen LogP contribution in [0.5, 0.6) is 0 Å². The van der Waals surface area contributed by atoms with Gasteiger partial charge in [0.05, 0.1) is 11.3 Å². The molecule has 0 aliphatic carbocycles. The number of carbonyl (C=O) groups is 3. The predicted octanol–water partition coefficient (Wildman–Crippen LogP) is 1.88. The van der Waals surface area contributed by atoms with Gasteiger partial charge >= 0.3 is 6.03 Å². The molecule has 1 saturated heterocycles. The van der Waals surface area contributed by atoms with Crippen LogP contribution in [0.4, 0.5) is 10.5 Å². The first kappa shape index (κ1) is 25.0. The van der Waals surface area contributed by atoms with Crippen molar-refractivity contribution in [1.82, 2.24) is 14.5 Å². The van der Waals surface area contributed by atoms with Crippen molar-refractivity contribution in [2.24, 2.45) is 4.99 Å². The number of nitrogens with zero attached hydrogens (tertiary/aromatic N) is 5. The van der Waals surface area contributed by atoms with Gasteiger partial charge < -0.3 is 0 Å². The summed E-state index contributed by atoms with van der Waals surface area (Å²) in [5.41, 5.74) is 2.81. The van der Waals surface area contributed by atoms with E-state index in [-0.39, 0.29) is 20.9 Å². The number of hydrogen-bond acceptors (Lipinski definition) is 7. The van der Waals surface area contributed by atoms with E-state index in [1.807, 2.05) is 60.7 Å². The Balaban J connectivity index is 1.61. The van der Waals surface area contributed by atoms with Crippen LogP contribution >= 0.6 is 11.3 Å². The molecule has 0 radical (unpaired) electrons. The van der Waals surface area contributed by atoms with E-state index in [0.717, 1.165) is 27.4 Å². The van der Waals surface area contributed by atoms with Crippen molar-refractivity contribution in [3.63, 3.8) is 0 Å². The van der Waals surface area contributed by atoms with E-state index in [4.69, 9.17) is 4.99 Å². The summed E-state index contributed by atoms with van der Waals surface area (Å²) in [7, 11) is 3.37. The van der Waals surface area contributed by atoms with E-state index >= 15 is 0 Å². The zero-order valence-corrected chi connectivity index (χ0v) is 23.2. The van der Waals surface area contributed by atoms with E-state index in [2.05, 4.69) is 5.43 Å². The number of nitrogens with one attached hydrogen (secondary N) is 1. The van der Waals surface area contributed by atoms with Crippen LogP contribution in [0.3, 0.4) is 0 Å². The predicted molar refractivity (Wildman–Crippen MR) is 153 cm³/mol. The summed E-state index contributed by atoms with van der Waals surface area (Å²) in [5.74, 6) is -1.00. The quantitative estimate of drug-likeness (QED) is 0.400. The number of amides is 4. The largest absolute Gasteiger partial charge is 0.324 e. The van der Waals surface area contributed by atoms with Crippen LogP contribution in [0.25, 0.3) is 5.57 Å². The third-order valence-electron chi connectivity index (χ3n) is 8.12. The summed E-state index contributed by atoms with van der Waals surface area (Å²) in [5, 5.41) is 0. The van der Waals surface area contributed by atoms with Crippen molar-refractivity contribution >= 4 is 40.4 Å². The molecule has 3 aromatic carbocycles. The Morgan fingerprint density at radius 2 is 1.44 bits per heavy atom. The van der Waals surface area contributed by atoms with Crippen molar-refractivity contribution in [1.29, 1.82) is 0 Å². The first-order chi connectivity index (χ1) is 19.7. The number of aromatic nitrogens is 1. The minimum Gasteiger partial charge on any atom is -0.295 e. The van der Waals surface area contributed by atoms with Crippen LogP contribution in [-0.2, 0) is 20.9 Å². The number of imide groups is 1. The number of benzene rings is 3. The molecule has 10 nitrogen and oxygen atoms in total. The Morgan fingerprint density at radius 1 is 0.829 bits per heavy atom. The molecule has 3 aliphatic heterocycles. The summed E-state index contributed by atoms with van der Waals surface area (Å²) < 4.78 is 1.47. The van der Waals surface area contributed by atoms with Crippen LogP contribution in [0.1, 0.15) is 23.6 Å². The molecule has 4 aromatic rings. The summed E-state index contributed by atoms with van der Waals surface area (Å²) in [6, 6.07) is 25.5. The normalized spacial score (nSPS) is 24.0. The zero-order valence-electron chi connectivity index (χ0n) is 22.4. The molecule has 0 spiro atoms. The van der Waals surface area contributed by atoms with Crippen LogP contribution in [0.15, 0.2) is 94.7 Å². The molecule has 1 N–H and O–H groups in total. The van der Waals surface area contributed by atoms with Gasteiger partial charge in [-0.1, -0.05) is 90.2 Å². The molecular weight excluding hydrogens is 540 g/mol. The van der Waals surface area contributed by atoms with Gasteiger partial charge in [0.1, 0.15) is 4.53 Å². The molecular formula is C30H24N6O4S. The van der Waals surface area contributed by atoms with E-state index in [1.54, 1.807) is 48.2 Å². The second-order valence-corrected chi connectivity index (χ2v) is 11.1. The number of carbonyl (C=O) groups excluding carboxylic acids is 3. The Hall–Kier alpha value is -5.03. The van der Waals surface area contributed by atoms with Crippen LogP contribution in [0.2, 0.25) is 0 Å². The molecule has 41 heavy (non-hydrogen) atoms. The van der Waals surface area contributed by atoms with E-state index in [9.17, 15) is 19.2 Å². The van der Waals surface area contributed by atoms with Gasteiger partial charge in [-0.15, -0.1) is 0 Å². The molecule has 0 unspecified atom stereocenters. The minimum atomic E-state index is -1.33. The second-order valence-electron chi connectivity index (χ2n) is 10.1. The van der Waals surface area contributed by atoms with Gasteiger partial charge in [-0.25, -0.2) is 14.7 Å². The Kier molecular flexibility index (Phi) is 5.17. The molecule has 4 heterocycles. The molecule has 0 bridgehead atoms. The van der Waals surface area contributed by atoms with E-state index in [0.29, 0.717) is 11.3 Å². The highest BCUT2D eigenvalue weighted by Crippen LogP contribution is 2.53. The molecule has 1 aromatic heterocycles. The van der Waals surface area contributed by atoms with Crippen LogP contribution in [-0.4, -0.2) is 46.4 Å². The third kappa shape index (κ3) is 2.98. The topological polar surface area (TPSA) is 107 Å². The number of hydrogen-bond donors (Lipinski definition) is 1. The lowest BCUT2D eigenvalue weighted by atomic mass is 9.80. The maximum atomic E-state index is 14.2. The second kappa shape index (κ2) is 8.48. The first-order valence-electron chi connectivity index (χ1n) is 13.0. The lowest BCUT2D eigenvalue weighted by Crippen LogP contribution is -2.67. The highest BCUT2D eigenvalue weighted by molar-refractivity contribution is 7.07. The number of para-hydroxylation sites is 1. The smallest absolute Gasteiger partial charge is 0.295 e. The summed E-state index contributed by atoms with van der Waals surface area (Å²) >= 11 is 1.05. The average Bonchev–Trinajstić information content (AvgIpc) is 3.52. The number of rotatable bonds is 2. The maximum Gasteiger partial charge on any atom is 0.324 e. The van der Waals surface area contributed by atoms with Gasteiger partial charge in [0.25, 0.3) is 11.5 Å². The van der Waals surface area contributed by atoms with Gasteiger partial charge in [0.2, 0.25) is 22.0 Å². The Labute approximate surface area is 238 Å². The molecule has 1 fully saturated rings. The fourth-order valence-corrected chi connectivity index (χ4v) is 7.37. The number of fused-ring (bicyclic) bond motifs is 3. The maximum absolute atomic E-state index is 14.2. The molecule has 204 valence electrons. The van der Waals surface area contributed by atoms with Gasteiger partial charge in [0.15, 0.2) is 0 Å². The van der Waals surface area contributed by atoms with Crippen molar-refractivity contribution in [3.05, 3.63) is 121 Å². The molecule has 11 heteroatoms. The van der Waals surface area contributed by atoms with Gasteiger partial charge in [0, 0.05) is 37.7 Å². The van der Waals surface area contributed by atoms with E-state index < -0.39 is 28.7 Å². The average molecular weight is 565 g/mol. The molecule has 7 rings (SSSR count). The lowest BCUT2D eigenvalue weighted by molar-refractivity contribution is -0.122. The lowest BCUT2D eigenvalue weighted by Gasteiger charge is -2.49. The Morgan fingerprint density at radius 3 is 2.10 bits per heavy atom.